The molecular weight excluding hydrogens is 274 g/mol. The van der Waals surface area contributed by atoms with Gasteiger partial charge in [0.15, 0.2) is 5.78 Å². The molecule has 6 nitrogen and oxygen atoms in total. The average molecular weight is 284 g/mol. The lowest BCUT2D eigenvalue weighted by molar-refractivity contribution is -0.387. The Hall–Kier alpha value is -2.38. The Balaban J connectivity index is 2.39. The number of ketones is 1. The molecule has 0 N–H and O–H groups in total. The minimum Gasteiger partial charge on any atom is -0.331 e. The highest BCUT2D eigenvalue weighted by atomic mass is 19.1. The number of carbonyl (C=O) groups excluding carboxylic acids is 2. The van der Waals surface area contributed by atoms with Gasteiger partial charge in [-0.1, -0.05) is 0 Å². The number of rotatable bonds is 2. The molecule has 2 rings (SSSR count). The smallest absolute Gasteiger partial charge is 0.308 e. The fourth-order valence-electron chi connectivity index (χ4n) is 2.05. The number of hydrogen-bond donors (Lipinski definition) is 0. The molecule has 0 aromatic heterocycles. The third kappa shape index (κ3) is 2.63. The summed E-state index contributed by atoms with van der Waals surface area (Å²) in [6.07, 6.45) is 0.763. The molecule has 1 heterocycles. The molecule has 1 aliphatic rings. The molecule has 1 amide bonds. The van der Waals surface area contributed by atoms with Crippen LogP contribution in [0.4, 0.5) is 14.5 Å². The van der Waals surface area contributed by atoms with Crippen LogP contribution < -0.4 is 0 Å². The van der Waals surface area contributed by atoms with E-state index >= 15 is 0 Å². The minimum absolute atomic E-state index is 0.184. The highest BCUT2D eigenvalue weighted by molar-refractivity contribution is 5.98. The summed E-state index contributed by atoms with van der Waals surface area (Å²) in [6.45, 7) is 0.0386. The molecular formula is C12H10F2N2O4. The SMILES string of the molecule is O=C1CCCN(C(=O)c2cc(F)cc([N+](=O)[O-])c2F)C1. The van der Waals surface area contributed by atoms with E-state index in [1.54, 1.807) is 0 Å². The van der Waals surface area contributed by atoms with Crippen molar-refractivity contribution in [1.29, 1.82) is 0 Å². The van der Waals surface area contributed by atoms with E-state index in [0.717, 1.165) is 4.90 Å². The molecule has 0 saturated carbocycles. The lowest BCUT2D eigenvalue weighted by Crippen LogP contribution is -2.40. The number of benzene rings is 1. The number of piperidine rings is 1. The first-order valence-electron chi connectivity index (χ1n) is 5.84. The van der Waals surface area contributed by atoms with Crippen molar-refractivity contribution in [2.24, 2.45) is 0 Å². The Morgan fingerprint density at radius 3 is 2.65 bits per heavy atom. The molecule has 0 aliphatic carbocycles. The lowest BCUT2D eigenvalue weighted by Gasteiger charge is -2.25. The van der Waals surface area contributed by atoms with Crippen LogP contribution in [0.2, 0.25) is 0 Å². The Morgan fingerprint density at radius 1 is 1.35 bits per heavy atom. The molecule has 1 aromatic rings. The van der Waals surface area contributed by atoms with Crippen molar-refractivity contribution in [3.63, 3.8) is 0 Å². The van der Waals surface area contributed by atoms with Crippen LogP contribution in [0.5, 0.6) is 0 Å². The van der Waals surface area contributed by atoms with Crippen molar-refractivity contribution < 1.29 is 23.3 Å². The topological polar surface area (TPSA) is 80.5 Å². The first-order chi connectivity index (χ1) is 9.40. The lowest BCUT2D eigenvalue weighted by atomic mass is 10.1. The van der Waals surface area contributed by atoms with Gasteiger partial charge in [-0.05, 0) is 12.5 Å². The summed E-state index contributed by atoms with van der Waals surface area (Å²) >= 11 is 0. The van der Waals surface area contributed by atoms with Crippen LogP contribution in [-0.2, 0) is 4.79 Å². The highest BCUT2D eigenvalue weighted by Crippen LogP contribution is 2.24. The normalized spacial score (nSPS) is 15.3. The van der Waals surface area contributed by atoms with Gasteiger partial charge >= 0.3 is 5.69 Å². The zero-order chi connectivity index (χ0) is 14.9. The fourth-order valence-corrected chi connectivity index (χ4v) is 2.05. The van der Waals surface area contributed by atoms with E-state index in [1.807, 2.05) is 0 Å². The first kappa shape index (κ1) is 14.0. The van der Waals surface area contributed by atoms with Gasteiger partial charge < -0.3 is 4.90 Å². The Labute approximate surface area is 112 Å². The zero-order valence-electron chi connectivity index (χ0n) is 10.3. The van der Waals surface area contributed by atoms with Crippen LogP contribution in [0, 0.1) is 21.7 Å². The van der Waals surface area contributed by atoms with Crippen LogP contribution in [0.15, 0.2) is 12.1 Å². The van der Waals surface area contributed by atoms with Crippen molar-refractivity contribution in [3.8, 4) is 0 Å². The molecule has 1 aromatic carbocycles. The molecule has 0 unspecified atom stereocenters. The summed E-state index contributed by atoms with van der Waals surface area (Å²) in [7, 11) is 0. The predicted molar refractivity (Wildman–Crippen MR) is 63.2 cm³/mol. The Bertz CT molecular complexity index is 603. The van der Waals surface area contributed by atoms with Crippen molar-refractivity contribution in [2.75, 3.05) is 13.1 Å². The number of carbonyl (C=O) groups is 2. The van der Waals surface area contributed by atoms with E-state index < -0.39 is 33.7 Å². The number of halogens is 2. The largest absolute Gasteiger partial charge is 0.331 e. The van der Waals surface area contributed by atoms with Gasteiger partial charge in [-0.25, -0.2) is 4.39 Å². The number of hydrogen-bond acceptors (Lipinski definition) is 4. The van der Waals surface area contributed by atoms with Crippen LogP contribution in [0.3, 0.4) is 0 Å². The van der Waals surface area contributed by atoms with E-state index in [2.05, 4.69) is 0 Å². The molecule has 0 bridgehead atoms. The van der Waals surface area contributed by atoms with E-state index in [0.29, 0.717) is 25.0 Å². The number of nitro groups is 1. The van der Waals surface area contributed by atoms with E-state index in [9.17, 15) is 28.5 Å². The maximum atomic E-state index is 13.9. The number of likely N-dealkylation sites (tertiary alicyclic amines) is 1. The second kappa shape index (κ2) is 5.32. The van der Waals surface area contributed by atoms with Gasteiger partial charge in [-0.15, -0.1) is 0 Å². The quantitative estimate of drug-likeness (QED) is 0.611. The molecule has 0 radical (unpaired) electrons. The Kier molecular flexibility index (Phi) is 3.73. The maximum absolute atomic E-state index is 13.9. The van der Waals surface area contributed by atoms with E-state index in [4.69, 9.17) is 0 Å². The van der Waals surface area contributed by atoms with Gasteiger partial charge in [0.25, 0.3) is 5.91 Å². The Morgan fingerprint density at radius 2 is 2.05 bits per heavy atom. The molecule has 8 heteroatoms. The molecule has 20 heavy (non-hydrogen) atoms. The second-order valence-corrected chi connectivity index (χ2v) is 4.41. The summed E-state index contributed by atoms with van der Waals surface area (Å²) < 4.78 is 27.1. The monoisotopic (exact) mass is 284 g/mol. The minimum atomic E-state index is -1.39. The van der Waals surface area contributed by atoms with Gasteiger partial charge in [-0.2, -0.15) is 4.39 Å². The fraction of sp³-hybridized carbons (Fsp3) is 0.333. The number of nitro benzene ring substituents is 1. The first-order valence-corrected chi connectivity index (χ1v) is 5.84. The van der Waals surface area contributed by atoms with Crippen LogP contribution >= 0.6 is 0 Å². The molecule has 1 fully saturated rings. The third-order valence-electron chi connectivity index (χ3n) is 2.98. The average Bonchev–Trinajstić information content (AvgIpc) is 2.40. The van der Waals surface area contributed by atoms with Crippen molar-refractivity contribution in [1.82, 2.24) is 4.90 Å². The summed E-state index contributed by atoms with van der Waals surface area (Å²) in [5.74, 6) is -3.57. The van der Waals surface area contributed by atoms with Gasteiger partial charge in [0.2, 0.25) is 5.82 Å². The van der Waals surface area contributed by atoms with E-state index in [-0.39, 0.29) is 18.9 Å². The maximum Gasteiger partial charge on any atom is 0.308 e. The molecule has 0 atom stereocenters. The molecule has 1 aliphatic heterocycles. The van der Waals surface area contributed by atoms with E-state index in [1.165, 1.54) is 0 Å². The molecule has 0 spiro atoms. The van der Waals surface area contributed by atoms with Crippen molar-refractivity contribution in [2.45, 2.75) is 12.8 Å². The highest BCUT2D eigenvalue weighted by Gasteiger charge is 2.29. The van der Waals surface area contributed by atoms with Crippen LogP contribution in [0.25, 0.3) is 0 Å². The summed E-state index contributed by atoms with van der Waals surface area (Å²) in [6, 6.07) is 1.01. The number of Topliss-reactive ketones (excluding diaryl/α,β-unsaturated/α-hetero) is 1. The summed E-state index contributed by atoms with van der Waals surface area (Å²) in [5.41, 5.74) is -1.83. The third-order valence-corrected chi connectivity index (χ3v) is 2.98. The second-order valence-electron chi connectivity index (χ2n) is 4.41. The van der Waals surface area contributed by atoms with Crippen LogP contribution in [0.1, 0.15) is 23.2 Å². The van der Waals surface area contributed by atoms with Crippen molar-refractivity contribution in [3.05, 3.63) is 39.4 Å². The zero-order valence-corrected chi connectivity index (χ0v) is 10.3. The van der Waals surface area contributed by atoms with Gasteiger partial charge in [0.05, 0.1) is 23.1 Å². The summed E-state index contributed by atoms with van der Waals surface area (Å²) in [4.78, 5) is 33.9. The molecule has 106 valence electrons. The van der Waals surface area contributed by atoms with Crippen molar-refractivity contribution >= 4 is 17.4 Å². The van der Waals surface area contributed by atoms with Crippen LogP contribution in [-0.4, -0.2) is 34.6 Å². The van der Waals surface area contributed by atoms with Gasteiger partial charge in [-0.3, -0.25) is 19.7 Å². The predicted octanol–water partition coefficient (Wildman–Crippen LogP) is 1.68. The van der Waals surface area contributed by atoms with Gasteiger partial charge in [0, 0.05) is 13.0 Å². The molecule has 1 saturated heterocycles. The standard InChI is InChI=1S/C12H10F2N2O4/c13-7-4-9(11(14)10(5-7)16(19)20)12(18)15-3-1-2-8(17)6-15/h4-5H,1-3,6H2. The summed E-state index contributed by atoms with van der Waals surface area (Å²) in [5, 5.41) is 10.6. The number of amides is 1. The van der Waals surface area contributed by atoms with Gasteiger partial charge in [0.1, 0.15) is 5.82 Å². The number of nitrogens with zero attached hydrogens (tertiary/aromatic N) is 2.